The molecule has 0 saturated carbocycles. The highest BCUT2D eigenvalue weighted by Gasteiger charge is 2.31. The fourth-order valence-electron chi connectivity index (χ4n) is 2.32. The van der Waals surface area contributed by atoms with Crippen molar-refractivity contribution in [2.24, 2.45) is 0 Å². The molecular weight excluding hydrogens is 270 g/mol. The summed E-state index contributed by atoms with van der Waals surface area (Å²) in [7, 11) is 1.63. The number of carbonyl (C=O) groups is 2. The molecule has 6 nitrogen and oxygen atoms in total. The van der Waals surface area contributed by atoms with Crippen molar-refractivity contribution in [2.75, 3.05) is 31.7 Å². The summed E-state index contributed by atoms with van der Waals surface area (Å²) in [5.74, 6) is 0.0332. The molecular formula is C15H21N3O3. The molecule has 1 aromatic rings. The predicted molar refractivity (Wildman–Crippen MR) is 80.2 cm³/mol. The van der Waals surface area contributed by atoms with Gasteiger partial charge < -0.3 is 20.3 Å². The third kappa shape index (κ3) is 4.46. The predicted octanol–water partition coefficient (Wildman–Crippen LogP) is 1.13. The fourth-order valence-corrected chi connectivity index (χ4v) is 2.32. The van der Waals surface area contributed by atoms with Crippen LogP contribution in [0.5, 0.6) is 0 Å². The van der Waals surface area contributed by atoms with E-state index in [1.165, 1.54) is 0 Å². The lowest BCUT2D eigenvalue weighted by Gasteiger charge is -2.17. The van der Waals surface area contributed by atoms with Gasteiger partial charge in [0.25, 0.3) is 0 Å². The minimum Gasteiger partial charge on any atom is -0.385 e. The van der Waals surface area contributed by atoms with Crippen LogP contribution in [0.25, 0.3) is 0 Å². The van der Waals surface area contributed by atoms with E-state index in [0.717, 1.165) is 12.1 Å². The first-order valence-corrected chi connectivity index (χ1v) is 7.09. The first-order valence-electron chi connectivity index (χ1n) is 7.09. The molecule has 0 bridgehead atoms. The van der Waals surface area contributed by atoms with Crippen LogP contribution in [-0.4, -0.2) is 44.8 Å². The van der Waals surface area contributed by atoms with Gasteiger partial charge in [0.1, 0.15) is 0 Å². The zero-order valence-electron chi connectivity index (χ0n) is 12.2. The number of ether oxygens (including phenoxy) is 1. The van der Waals surface area contributed by atoms with Gasteiger partial charge in [-0.15, -0.1) is 0 Å². The molecule has 2 rings (SSSR count). The van der Waals surface area contributed by atoms with E-state index in [0.29, 0.717) is 26.1 Å². The van der Waals surface area contributed by atoms with Gasteiger partial charge in [-0.2, -0.15) is 0 Å². The van der Waals surface area contributed by atoms with E-state index in [2.05, 4.69) is 10.6 Å². The summed E-state index contributed by atoms with van der Waals surface area (Å²) >= 11 is 0. The number of amides is 3. The van der Waals surface area contributed by atoms with Gasteiger partial charge in [0, 0.05) is 38.9 Å². The molecule has 1 fully saturated rings. The Kier molecular flexibility index (Phi) is 5.57. The monoisotopic (exact) mass is 291 g/mol. The normalized spacial score (nSPS) is 17.9. The number of nitrogens with zero attached hydrogens (tertiary/aromatic N) is 1. The lowest BCUT2D eigenvalue weighted by molar-refractivity contribution is -0.117. The highest BCUT2D eigenvalue weighted by Crippen LogP contribution is 2.20. The summed E-state index contributed by atoms with van der Waals surface area (Å²) < 4.78 is 4.91. The largest absolute Gasteiger partial charge is 0.385 e. The molecule has 114 valence electrons. The van der Waals surface area contributed by atoms with E-state index in [1.807, 2.05) is 30.3 Å². The molecule has 2 N–H and O–H groups in total. The molecule has 0 unspecified atom stereocenters. The maximum Gasteiger partial charge on any atom is 0.315 e. The standard InChI is InChI=1S/C15H21N3O3/c1-21-9-5-8-16-15(20)17-12-10-14(19)18(11-12)13-6-3-2-4-7-13/h2-4,6-7,12H,5,8-11H2,1H3,(H2,16,17,20)/t12-/m0/s1. The van der Waals surface area contributed by atoms with Crippen molar-refractivity contribution in [3.05, 3.63) is 30.3 Å². The van der Waals surface area contributed by atoms with Crippen LogP contribution in [0, 0.1) is 0 Å². The minimum absolute atomic E-state index is 0.0332. The lowest BCUT2D eigenvalue weighted by Crippen LogP contribution is -2.43. The molecule has 1 saturated heterocycles. The van der Waals surface area contributed by atoms with Crippen molar-refractivity contribution in [3.8, 4) is 0 Å². The Labute approximate surface area is 124 Å². The third-order valence-electron chi connectivity index (χ3n) is 3.34. The van der Waals surface area contributed by atoms with Crippen molar-refractivity contribution in [1.29, 1.82) is 0 Å². The number of benzene rings is 1. The van der Waals surface area contributed by atoms with E-state index in [1.54, 1.807) is 12.0 Å². The number of nitrogens with one attached hydrogen (secondary N) is 2. The second-order valence-corrected chi connectivity index (χ2v) is 4.99. The van der Waals surface area contributed by atoms with Crippen LogP contribution in [0.1, 0.15) is 12.8 Å². The number of carbonyl (C=O) groups excluding carboxylic acids is 2. The second kappa shape index (κ2) is 7.64. The summed E-state index contributed by atoms with van der Waals surface area (Å²) in [4.78, 5) is 25.4. The third-order valence-corrected chi connectivity index (χ3v) is 3.34. The van der Waals surface area contributed by atoms with Crippen molar-refractivity contribution >= 4 is 17.6 Å². The number of urea groups is 1. The molecule has 1 aliphatic rings. The number of para-hydroxylation sites is 1. The van der Waals surface area contributed by atoms with E-state index < -0.39 is 0 Å². The van der Waals surface area contributed by atoms with Crippen molar-refractivity contribution < 1.29 is 14.3 Å². The lowest BCUT2D eigenvalue weighted by atomic mass is 10.2. The number of hydrogen-bond donors (Lipinski definition) is 2. The Morgan fingerprint density at radius 3 is 2.86 bits per heavy atom. The van der Waals surface area contributed by atoms with Crippen LogP contribution in [0.4, 0.5) is 10.5 Å². The number of rotatable bonds is 6. The molecule has 0 radical (unpaired) electrons. The van der Waals surface area contributed by atoms with Crippen LogP contribution in [0.3, 0.4) is 0 Å². The highest BCUT2D eigenvalue weighted by atomic mass is 16.5. The highest BCUT2D eigenvalue weighted by molar-refractivity contribution is 5.96. The molecule has 0 aromatic heterocycles. The van der Waals surface area contributed by atoms with Gasteiger partial charge in [0.2, 0.25) is 5.91 Å². The molecule has 1 aromatic carbocycles. The molecule has 21 heavy (non-hydrogen) atoms. The van der Waals surface area contributed by atoms with Crippen molar-refractivity contribution in [3.63, 3.8) is 0 Å². The Balaban J connectivity index is 1.79. The van der Waals surface area contributed by atoms with Crippen LogP contribution in [-0.2, 0) is 9.53 Å². The molecule has 3 amide bonds. The van der Waals surface area contributed by atoms with Crippen molar-refractivity contribution in [1.82, 2.24) is 10.6 Å². The summed E-state index contributed by atoms with van der Waals surface area (Å²) in [6.07, 6.45) is 1.10. The smallest absolute Gasteiger partial charge is 0.315 e. The van der Waals surface area contributed by atoms with Crippen LogP contribution in [0.2, 0.25) is 0 Å². The average Bonchev–Trinajstić information content (AvgIpc) is 2.85. The Morgan fingerprint density at radius 2 is 2.14 bits per heavy atom. The topological polar surface area (TPSA) is 70.7 Å². The fraction of sp³-hybridized carbons (Fsp3) is 0.467. The van der Waals surface area contributed by atoms with E-state index >= 15 is 0 Å². The van der Waals surface area contributed by atoms with Gasteiger partial charge in [0.15, 0.2) is 0 Å². The van der Waals surface area contributed by atoms with Crippen LogP contribution < -0.4 is 15.5 Å². The van der Waals surface area contributed by atoms with E-state index in [4.69, 9.17) is 4.74 Å². The first kappa shape index (κ1) is 15.3. The summed E-state index contributed by atoms with van der Waals surface area (Å²) in [5, 5.41) is 5.59. The van der Waals surface area contributed by atoms with Crippen LogP contribution >= 0.6 is 0 Å². The summed E-state index contributed by atoms with van der Waals surface area (Å²) in [6, 6.07) is 9.10. The van der Waals surface area contributed by atoms with E-state index in [-0.39, 0.29) is 18.0 Å². The van der Waals surface area contributed by atoms with Gasteiger partial charge in [-0.25, -0.2) is 4.79 Å². The van der Waals surface area contributed by atoms with Gasteiger partial charge in [-0.1, -0.05) is 18.2 Å². The zero-order chi connectivity index (χ0) is 15.1. The average molecular weight is 291 g/mol. The Bertz CT molecular complexity index is 478. The molecule has 1 heterocycles. The molecule has 6 heteroatoms. The van der Waals surface area contributed by atoms with Gasteiger partial charge >= 0.3 is 6.03 Å². The quantitative estimate of drug-likeness (QED) is 0.772. The summed E-state index contributed by atoms with van der Waals surface area (Å²) in [6.45, 7) is 1.68. The molecule has 0 spiro atoms. The molecule has 0 aliphatic carbocycles. The Hall–Kier alpha value is -2.08. The molecule has 1 aliphatic heterocycles. The van der Waals surface area contributed by atoms with E-state index in [9.17, 15) is 9.59 Å². The maximum atomic E-state index is 12.0. The molecule has 1 atom stereocenters. The maximum absolute atomic E-state index is 12.0. The van der Waals surface area contributed by atoms with Gasteiger partial charge in [-0.05, 0) is 18.6 Å². The number of anilines is 1. The number of methoxy groups -OCH3 is 1. The Morgan fingerprint density at radius 1 is 1.38 bits per heavy atom. The SMILES string of the molecule is COCCCNC(=O)N[C@H]1CC(=O)N(c2ccccc2)C1. The van der Waals surface area contributed by atoms with Gasteiger partial charge in [0.05, 0.1) is 6.04 Å². The first-order chi connectivity index (χ1) is 10.2. The minimum atomic E-state index is -0.237. The summed E-state index contributed by atoms with van der Waals surface area (Å²) in [5.41, 5.74) is 0.868. The van der Waals surface area contributed by atoms with Crippen LogP contribution in [0.15, 0.2) is 30.3 Å². The van der Waals surface area contributed by atoms with Crippen molar-refractivity contribution in [2.45, 2.75) is 18.9 Å². The van der Waals surface area contributed by atoms with Gasteiger partial charge in [-0.3, -0.25) is 4.79 Å². The number of hydrogen-bond acceptors (Lipinski definition) is 3. The second-order valence-electron chi connectivity index (χ2n) is 4.99. The zero-order valence-corrected chi connectivity index (χ0v) is 12.2.